The van der Waals surface area contributed by atoms with E-state index in [1.165, 1.54) is 0 Å². The minimum absolute atomic E-state index is 0.0281. The molecule has 2 aliphatic heterocycles. The fourth-order valence-electron chi connectivity index (χ4n) is 4.45. The Morgan fingerprint density at radius 2 is 0.976 bits per heavy atom. The first-order chi connectivity index (χ1) is 20.0. The van der Waals surface area contributed by atoms with E-state index < -0.39 is 20.2 Å². The molecule has 2 aliphatic rings. The van der Waals surface area contributed by atoms with E-state index in [-0.39, 0.29) is 48.4 Å². The molecule has 236 valence electrons. The van der Waals surface area contributed by atoms with Crippen LogP contribution in [0.3, 0.4) is 0 Å². The standard InChI is InChI=1S/2C15H22O5S/c2*1-12-3-5-14(6-4-12)21(16,17)20-10-9-19-15-7-8-18-11-13(15)2/h2*3-6,13,15H,7-11H2,1-2H3/t13-,15+;13-,15-/m10/s1. The summed E-state index contributed by atoms with van der Waals surface area (Å²) in [7, 11) is -7.40. The van der Waals surface area contributed by atoms with Crippen molar-refractivity contribution < 1.29 is 44.1 Å². The van der Waals surface area contributed by atoms with E-state index >= 15 is 0 Å². The van der Waals surface area contributed by atoms with Crippen LogP contribution in [0.4, 0.5) is 0 Å². The predicted octanol–water partition coefficient (Wildman–Crippen LogP) is 4.28. The van der Waals surface area contributed by atoms with Gasteiger partial charge in [0.05, 0.1) is 61.6 Å². The van der Waals surface area contributed by atoms with Crippen LogP contribution in [-0.4, -0.2) is 81.9 Å². The molecule has 0 spiro atoms. The first kappa shape index (κ1) is 34.6. The molecule has 0 N–H and O–H groups in total. The van der Waals surface area contributed by atoms with E-state index in [4.69, 9.17) is 27.3 Å². The third kappa shape index (κ3) is 11.3. The second kappa shape index (κ2) is 16.8. The zero-order chi connectivity index (χ0) is 30.6. The molecule has 2 fully saturated rings. The number of ether oxygens (including phenoxy) is 4. The molecule has 0 bridgehead atoms. The Bertz CT molecular complexity index is 1180. The predicted molar refractivity (Wildman–Crippen MR) is 157 cm³/mol. The van der Waals surface area contributed by atoms with Gasteiger partial charge in [-0.1, -0.05) is 49.2 Å². The summed E-state index contributed by atoms with van der Waals surface area (Å²) in [5.41, 5.74) is 2.01. The molecule has 2 saturated heterocycles. The normalized spacial score (nSPS) is 23.1. The van der Waals surface area contributed by atoms with Gasteiger partial charge in [-0.25, -0.2) is 0 Å². The maximum Gasteiger partial charge on any atom is 0.297 e. The van der Waals surface area contributed by atoms with Gasteiger partial charge in [0.25, 0.3) is 20.2 Å². The lowest BCUT2D eigenvalue weighted by Crippen LogP contribution is -2.33. The number of benzene rings is 2. The summed E-state index contributed by atoms with van der Waals surface area (Å²) in [6, 6.07) is 13.2. The molecule has 0 radical (unpaired) electrons. The number of aryl methyl sites for hydroxylation is 2. The molecule has 10 nitrogen and oxygen atoms in total. The second-order valence-corrected chi connectivity index (χ2v) is 13.9. The van der Waals surface area contributed by atoms with E-state index in [1.54, 1.807) is 48.5 Å². The number of hydrogen-bond acceptors (Lipinski definition) is 10. The first-order valence-electron chi connectivity index (χ1n) is 14.3. The Balaban J connectivity index is 0.000000230. The third-order valence-electron chi connectivity index (χ3n) is 7.05. The van der Waals surface area contributed by atoms with Gasteiger partial charge in [0.2, 0.25) is 0 Å². The smallest absolute Gasteiger partial charge is 0.297 e. The summed E-state index contributed by atoms with van der Waals surface area (Å²) in [6.45, 7) is 11.3. The molecule has 0 aromatic heterocycles. The third-order valence-corrected chi connectivity index (χ3v) is 9.70. The van der Waals surface area contributed by atoms with Crippen molar-refractivity contribution in [2.45, 2.75) is 62.5 Å². The summed E-state index contributed by atoms with van der Waals surface area (Å²) in [4.78, 5) is 0.347. The van der Waals surface area contributed by atoms with Crippen LogP contribution in [-0.2, 0) is 47.5 Å². The van der Waals surface area contributed by atoms with Gasteiger partial charge in [-0.2, -0.15) is 16.8 Å². The molecular weight excluding hydrogens is 584 g/mol. The highest BCUT2D eigenvalue weighted by molar-refractivity contribution is 7.87. The van der Waals surface area contributed by atoms with E-state index in [9.17, 15) is 16.8 Å². The van der Waals surface area contributed by atoms with E-state index in [0.717, 1.165) is 24.0 Å². The van der Waals surface area contributed by atoms with Crippen LogP contribution in [0.1, 0.15) is 37.8 Å². The van der Waals surface area contributed by atoms with Gasteiger partial charge in [0.15, 0.2) is 0 Å². The topological polar surface area (TPSA) is 124 Å². The van der Waals surface area contributed by atoms with Crippen molar-refractivity contribution >= 4 is 20.2 Å². The van der Waals surface area contributed by atoms with Crippen molar-refractivity contribution in [2.75, 3.05) is 52.9 Å². The zero-order valence-corrected chi connectivity index (χ0v) is 26.5. The molecule has 12 heteroatoms. The Kier molecular flexibility index (Phi) is 13.8. The van der Waals surface area contributed by atoms with Crippen molar-refractivity contribution in [3.05, 3.63) is 59.7 Å². The van der Waals surface area contributed by atoms with E-state index in [1.807, 2.05) is 13.8 Å². The Labute approximate surface area is 250 Å². The van der Waals surface area contributed by atoms with E-state index in [0.29, 0.717) is 38.3 Å². The maximum absolute atomic E-state index is 12.0. The van der Waals surface area contributed by atoms with Gasteiger partial charge in [-0.05, 0) is 51.0 Å². The summed E-state index contributed by atoms with van der Waals surface area (Å²) < 4.78 is 79.9. The molecule has 2 aromatic carbocycles. The van der Waals surface area contributed by atoms with Gasteiger partial charge in [-0.15, -0.1) is 0 Å². The molecule has 2 heterocycles. The average molecular weight is 629 g/mol. The molecule has 0 unspecified atom stereocenters. The van der Waals surface area contributed by atoms with Crippen LogP contribution >= 0.6 is 0 Å². The number of hydrogen-bond donors (Lipinski definition) is 0. The fourth-order valence-corrected chi connectivity index (χ4v) is 6.23. The Morgan fingerprint density at radius 3 is 1.31 bits per heavy atom. The minimum atomic E-state index is -3.70. The average Bonchev–Trinajstić information content (AvgIpc) is 2.96. The van der Waals surface area contributed by atoms with Gasteiger partial charge < -0.3 is 18.9 Å². The van der Waals surface area contributed by atoms with Crippen molar-refractivity contribution in [1.82, 2.24) is 0 Å². The van der Waals surface area contributed by atoms with Crippen LogP contribution in [0.25, 0.3) is 0 Å². The highest BCUT2D eigenvalue weighted by Gasteiger charge is 2.24. The summed E-state index contributed by atoms with van der Waals surface area (Å²) >= 11 is 0. The summed E-state index contributed by atoms with van der Waals surface area (Å²) in [6.07, 6.45) is 1.91. The second-order valence-electron chi connectivity index (χ2n) is 10.7. The summed E-state index contributed by atoms with van der Waals surface area (Å²) in [5, 5.41) is 0. The SMILES string of the molecule is Cc1ccc(S(=O)(=O)OCCO[C@H]2CCOC[C@@H]2C)cc1.Cc1ccc(S(=O)(=O)OCCO[C@H]2CCOC[C@H]2C)cc1. The lowest BCUT2D eigenvalue weighted by atomic mass is 10.0. The van der Waals surface area contributed by atoms with Crippen LogP contribution in [0, 0.1) is 25.7 Å². The van der Waals surface area contributed by atoms with Crippen LogP contribution in [0.2, 0.25) is 0 Å². The largest absolute Gasteiger partial charge is 0.381 e. The quantitative estimate of drug-likeness (QED) is 0.249. The fraction of sp³-hybridized carbons (Fsp3) is 0.600. The van der Waals surface area contributed by atoms with Crippen molar-refractivity contribution in [2.24, 2.45) is 11.8 Å². The van der Waals surface area contributed by atoms with Crippen LogP contribution in [0.5, 0.6) is 0 Å². The molecule has 2 aromatic rings. The van der Waals surface area contributed by atoms with Crippen molar-refractivity contribution in [3.63, 3.8) is 0 Å². The highest BCUT2D eigenvalue weighted by atomic mass is 32.2. The van der Waals surface area contributed by atoms with Gasteiger partial charge in [-0.3, -0.25) is 8.37 Å². The van der Waals surface area contributed by atoms with Crippen molar-refractivity contribution in [3.8, 4) is 0 Å². The lowest BCUT2D eigenvalue weighted by molar-refractivity contribution is -0.0729. The molecule has 42 heavy (non-hydrogen) atoms. The van der Waals surface area contributed by atoms with Gasteiger partial charge >= 0.3 is 0 Å². The summed E-state index contributed by atoms with van der Waals surface area (Å²) in [5.74, 6) is 0.653. The van der Waals surface area contributed by atoms with Crippen LogP contribution < -0.4 is 0 Å². The highest BCUT2D eigenvalue weighted by Crippen LogP contribution is 2.19. The lowest BCUT2D eigenvalue weighted by Gasteiger charge is -2.28. The maximum atomic E-state index is 12.0. The number of rotatable bonds is 12. The van der Waals surface area contributed by atoms with Crippen LogP contribution in [0.15, 0.2) is 58.3 Å². The molecule has 0 saturated carbocycles. The Morgan fingerprint density at radius 1 is 0.619 bits per heavy atom. The van der Waals surface area contributed by atoms with E-state index in [2.05, 4.69) is 13.8 Å². The monoisotopic (exact) mass is 628 g/mol. The van der Waals surface area contributed by atoms with Crippen molar-refractivity contribution in [1.29, 1.82) is 0 Å². The molecule has 4 rings (SSSR count). The molecule has 0 aliphatic carbocycles. The van der Waals surface area contributed by atoms with Gasteiger partial charge in [0.1, 0.15) is 0 Å². The molecular formula is C30H44O10S2. The van der Waals surface area contributed by atoms with Gasteiger partial charge in [0, 0.05) is 25.0 Å². The zero-order valence-electron chi connectivity index (χ0n) is 24.9. The Hall–Kier alpha value is -1.90. The molecule has 0 amide bonds. The first-order valence-corrected chi connectivity index (χ1v) is 17.1. The molecule has 4 atom stereocenters. The minimum Gasteiger partial charge on any atom is -0.381 e.